The molecule has 0 radical (unpaired) electrons. The fourth-order valence-corrected chi connectivity index (χ4v) is 1.65. The largest absolute Gasteiger partial charge is 0.312 e. The smallest absolute Gasteiger partial charge is 0.140 e. The van der Waals surface area contributed by atoms with Crippen molar-refractivity contribution in [1.29, 1.82) is 5.26 Å². The number of nitrogens with zero attached hydrogens (tertiary/aromatic N) is 1. The summed E-state index contributed by atoms with van der Waals surface area (Å²) in [4.78, 5) is 0. The Morgan fingerprint density at radius 1 is 1.56 bits per heavy atom. The molecule has 0 aliphatic heterocycles. The molecule has 86 valence electrons. The maximum Gasteiger partial charge on any atom is 0.140 e. The Balaban J connectivity index is 2.49. The molecule has 0 aliphatic rings. The van der Waals surface area contributed by atoms with Crippen LogP contribution in [0.4, 0.5) is 4.39 Å². The van der Waals surface area contributed by atoms with Crippen molar-refractivity contribution in [3.8, 4) is 6.07 Å². The van der Waals surface area contributed by atoms with Gasteiger partial charge in [0.2, 0.25) is 0 Å². The summed E-state index contributed by atoms with van der Waals surface area (Å²) in [5, 5.41) is 11.7. The molecule has 16 heavy (non-hydrogen) atoms. The Hall–Kier alpha value is -1.25. The first-order valence-electron chi connectivity index (χ1n) is 4.82. The molecular weight excluding hydrogens is 227 g/mol. The minimum atomic E-state index is -0.808. The number of hydrogen-bond donors (Lipinski definition) is 1. The first-order valence-corrected chi connectivity index (χ1v) is 6.55. The predicted molar refractivity (Wildman–Crippen MR) is 61.8 cm³/mol. The van der Waals surface area contributed by atoms with Gasteiger partial charge in [0.25, 0.3) is 0 Å². The summed E-state index contributed by atoms with van der Waals surface area (Å²) in [5.41, 5.74) is 0.901. The van der Waals surface area contributed by atoms with E-state index in [1.54, 1.807) is 18.4 Å². The SMILES string of the molecule is CS(=O)CCNCc1ccc(F)c(C#N)c1. The second-order valence-corrected chi connectivity index (χ2v) is 4.93. The topological polar surface area (TPSA) is 52.9 Å². The Kier molecular flexibility index (Phi) is 5.09. The van der Waals surface area contributed by atoms with Gasteiger partial charge in [-0.25, -0.2) is 4.39 Å². The van der Waals surface area contributed by atoms with Crippen LogP contribution in [0.15, 0.2) is 18.2 Å². The third-order valence-corrected chi connectivity index (χ3v) is 2.83. The van der Waals surface area contributed by atoms with Crippen molar-refractivity contribution >= 4 is 10.8 Å². The van der Waals surface area contributed by atoms with Crippen molar-refractivity contribution in [3.63, 3.8) is 0 Å². The Morgan fingerprint density at radius 3 is 2.94 bits per heavy atom. The normalized spacial score (nSPS) is 12.1. The average Bonchev–Trinajstić information content (AvgIpc) is 2.26. The lowest BCUT2D eigenvalue weighted by Gasteiger charge is -2.04. The van der Waals surface area contributed by atoms with Gasteiger partial charge < -0.3 is 5.32 Å². The van der Waals surface area contributed by atoms with E-state index in [2.05, 4.69) is 5.32 Å². The molecular formula is C11H13FN2OS. The van der Waals surface area contributed by atoms with Gasteiger partial charge in [-0.3, -0.25) is 4.21 Å². The Bertz CT molecular complexity index is 428. The summed E-state index contributed by atoms with van der Waals surface area (Å²) < 4.78 is 23.8. The molecule has 1 rings (SSSR count). The zero-order valence-electron chi connectivity index (χ0n) is 9.00. The summed E-state index contributed by atoms with van der Waals surface area (Å²) in [6.45, 7) is 1.19. The molecule has 1 aromatic carbocycles. The van der Waals surface area contributed by atoms with Gasteiger partial charge >= 0.3 is 0 Å². The van der Waals surface area contributed by atoms with E-state index >= 15 is 0 Å². The highest BCUT2D eigenvalue weighted by molar-refractivity contribution is 7.84. The van der Waals surface area contributed by atoms with Crippen LogP contribution in [0.3, 0.4) is 0 Å². The summed E-state index contributed by atoms with van der Waals surface area (Å²) in [6.07, 6.45) is 1.65. The van der Waals surface area contributed by atoms with Crippen molar-refractivity contribution in [1.82, 2.24) is 5.32 Å². The zero-order valence-corrected chi connectivity index (χ0v) is 9.81. The van der Waals surface area contributed by atoms with Crippen molar-refractivity contribution in [3.05, 3.63) is 35.1 Å². The number of nitriles is 1. The van der Waals surface area contributed by atoms with Gasteiger partial charge in [-0.05, 0) is 17.7 Å². The lowest BCUT2D eigenvalue weighted by molar-refractivity contribution is 0.621. The summed E-state index contributed by atoms with van der Waals surface area (Å²) in [6, 6.07) is 6.23. The molecule has 0 saturated heterocycles. The van der Waals surface area contributed by atoms with E-state index in [9.17, 15) is 8.60 Å². The van der Waals surface area contributed by atoms with Crippen molar-refractivity contribution in [2.24, 2.45) is 0 Å². The molecule has 0 bridgehead atoms. The van der Waals surface area contributed by atoms with Gasteiger partial charge in [-0.2, -0.15) is 5.26 Å². The summed E-state index contributed by atoms with van der Waals surface area (Å²) in [7, 11) is -0.808. The van der Waals surface area contributed by atoms with Gasteiger partial charge in [0.15, 0.2) is 0 Å². The van der Waals surface area contributed by atoms with Crippen LogP contribution in [-0.4, -0.2) is 22.8 Å². The molecule has 5 heteroatoms. The van der Waals surface area contributed by atoms with E-state index < -0.39 is 16.6 Å². The van der Waals surface area contributed by atoms with E-state index in [1.807, 2.05) is 0 Å². The minimum Gasteiger partial charge on any atom is -0.312 e. The summed E-state index contributed by atoms with van der Waals surface area (Å²) >= 11 is 0. The maximum atomic E-state index is 13.0. The molecule has 0 aromatic heterocycles. The van der Waals surface area contributed by atoms with Crippen LogP contribution in [0.2, 0.25) is 0 Å². The molecule has 0 heterocycles. The van der Waals surface area contributed by atoms with Crippen LogP contribution in [-0.2, 0) is 17.3 Å². The van der Waals surface area contributed by atoms with Crippen LogP contribution in [0.25, 0.3) is 0 Å². The fourth-order valence-electron chi connectivity index (χ4n) is 1.22. The van der Waals surface area contributed by atoms with Crippen LogP contribution in [0.1, 0.15) is 11.1 Å². The van der Waals surface area contributed by atoms with E-state index in [1.165, 1.54) is 12.1 Å². The lowest BCUT2D eigenvalue weighted by Crippen LogP contribution is -2.19. The molecule has 1 aromatic rings. The molecule has 1 N–H and O–H groups in total. The molecule has 0 fully saturated rings. The number of halogens is 1. The van der Waals surface area contributed by atoms with Gasteiger partial charge in [0.1, 0.15) is 11.9 Å². The predicted octanol–water partition coefficient (Wildman–Crippen LogP) is 1.17. The third kappa shape index (κ3) is 4.09. The second kappa shape index (κ2) is 6.36. The first kappa shape index (κ1) is 12.8. The maximum absolute atomic E-state index is 13.0. The monoisotopic (exact) mass is 240 g/mol. The lowest BCUT2D eigenvalue weighted by atomic mass is 10.1. The quantitative estimate of drug-likeness (QED) is 0.786. The molecule has 3 nitrogen and oxygen atoms in total. The molecule has 0 aliphatic carbocycles. The van der Waals surface area contributed by atoms with Crippen molar-refractivity contribution < 1.29 is 8.60 Å². The highest BCUT2D eigenvalue weighted by Crippen LogP contribution is 2.09. The van der Waals surface area contributed by atoms with Gasteiger partial charge in [0, 0.05) is 35.9 Å². The Morgan fingerprint density at radius 2 is 2.31 bits per heavy atom. The fraction of sp³-hybridized carbons (Fsp3) is 0.364. The number of benzene rings is 1. The van der Waals surface area contributed by atoms with E-state index in [0.29, 0.717) is 18.8 Å². The van der Waals surface area contributed by atoms with Gasteiger partial charge in [-0.15, -0.1) is 0 Å². The Labute approximate surface area is 96.7 Å². The highest BCUT2D eigenvalue weighted by atomic mass is 32.2. The zero-order chi connectivity index (χ0) is 12.0. The molecule has 0 amide bonds. The van der Waals surface area contributed by atoms with E-state index in [4.69, 9.17) is 5.26 Å². The number of rotatable bonds is 5. The molecule has 0 saturated carbocycles. The van der Waals surface area contributed by atoms with Crippen LogP contribution in [0.5, 0.6) is 0 Å². The van der Waals surface area contributed by atoms with E-state index in [0.717, 1.165) is 5.56 Å². The second-order valence-electron chi connectivity index (χ2n) is 3.38. The average molecular weight is 240 g/mol. The minimum absolute atomic E-state index is 0.0540. The molecule has 1 atom stereocenters. The van der Waals surface area contributed by atoms with Crippen LogP contribution < -0.4 is 5.32 Å². The molecule has 1 unspecified atom stereocenters. The summed E-state index contributed by atoms with van der Waals surface area (Å²) in [5.74, 6) is 0.0904. The highest BCUT2D eigenvalue weighted by Gasteiger charge is 2.02. The standard InChI is InChI=1S/C11H13FN2OS/c1-16(15)5-4-14-8-9-2-3-11(12)10(6-9)7-13/h2-3,6,14H,4-5,8H2,1H3. The first-order chi connectivity index (χ1) is 7.63. The molecule has 0 spiro atoms. The van der Waals surface area contributed by atoms with Gasteiger partial charge in [-0.1, -0.05) is 6.07 Å². The van der Waals surface area contributed by atoms with Crippen LogP contribution in [0, 0.1) is 17.1 Å². The van der Waals surface area contributed by atoms with Crippen molar-refractivity contribution in [2.75, 3.05) is 18.6 Å². The third-order valence-electron chi connectivity index (χ3n) is 2.05. The van der Waals surface area contributed by atoms with Gasteiger partial charge in [0.05, 0.1) is 5.56 Å². The van der Waals surface area contributed by atoms with Crippen molar-refractivity contribution in [2.45, 2.75) is 6.54 Å². The number of nitrogens with one attached hydrogen (secondary N) is 1. The van der Waals surface area contributed by atoms with E-state index in [-0.39, 0.29) is 5.56 Å². The van der Waals surface area contributed by atoms with Crippen LogP contribution >= 0.6 is 0 Å². The number of hydrogen-bond acceptors (Lipinski definition) is 3.